The van der Waals surface area contributed by atoms with Crippen LogP contribution in [0.5, 0.6) is 0 Å². The third-order valence-electron chi connectivity index (χ3n) is 6.48. The van der Waals surface area contributed by atoms with Crippen LogP contribution in [0.15, 0.2) is 59.1 Å². The number of allylic oxidation sites excluding steroid dienone is 1. The van der Waals surface area contributed by atoms with Crippen LogP contribution in [0.3, 0.4) is 0 Å². The minimum absolute atomic E-state index is 0.0272. The molecule has 2 heterocycles. The maximum Gasteiger partial charge on any atom is 0.245 e. The normalized spacial score (nSPS) is 22.1. The number of anilines is 2. The van der Waals surface area contributed by atoms with E-state index in [0.717, 1.165) is 0 Å². The van der Waals surface area contributed by atoms with Gasteiger partial charge < -0.3 is 11.1 Å². The Morgan fingerprint density at radius 1 is 1.12 bits per heavy atom. The van der Waals surface area contributed by atoms with Crippen molar-refractivity contribution < 1.29 is 9.59 Å². The third kappa shape index (κ3) is 2.52. The molecule has 3 aliphatic rings. The SMILES string of the molecule is Cc1c(Cl)ccc2c1NC(=O)C21C(C#N)=C(N)N(c2ccc(Cl)cc2)C2=C1C(=O)CCC2. The number of hydrogen-bond acceptors (Lipinski definition) is 5. The third-order valence-corrected chi connectivity index (χ3v) is 7.14. The molecule has 1 spiro atoms. The van der Waals surface area contributed by atoms with Crippen molar-refractivity contribution in [1.82, 2.24) is 0 Å². The Kier molecular flexibility index (Phi) is 4.59. The number of hydrogen-bond donors (Lipinski definition) is 2. The Labute approximate surface area is 194 Å². The van der Waals surface area contributed by atoms with Crippen LogP contribution in [-0.2, 0) is 15.0 Å². The molecule has 0 saturated heterocycles. The Bertz CT molecular complexity index is 1320. The smallest absolute Gasteiger partial charge is 0.245 e. The highest BCUT2D eigenvalue weighted by Gasteiger charge is 2.60. The van der Waals surface area contributed by atoms with Gasteiger partial charge in [0.2, 0.25) is 5.91 Å². The lowest BCUT2D eigenvalue weighted by Crippen LogP contribution is -2.50. The first kappa shape index (κ1) is 20.6. The van der Waals surface area contributed by atoms with E-state index in [-0.39, 0.29) is 17.2 Å². The van der Waals surface area contributed by atoms with Gasteiger partial charge >= 0.3 is 0 Å². The molecule has 1 unspecified atom stereocenters. The lowest BCUT2D eigenvalue weighted by molar-refractivity contribution is -0.122. The molecule has 1 amide bonds. The van der Waals surface area contributed by atoms with Crippen LogP contribution in [0.2, 0.25) is 10.0 Å². The predicted octanol–water partition coefficient (Wildman–Crippen LogP) is 4.71. The molecular formula is C24H18Cl2N4O2. The molecule has 0 bridgehead atoms. The molecular weight excluding hydrogens is 447 g/mol. The largest absolute Gasteiger partial charge is 0.384 e. The highest BCUT2D eigenvalue weighted by atomic mass is 35.5. The minimum Gasteiger partial charge on any atom is -0.384 e. The van der Waals surface area contributed by atoms with E-state index in [1.807, 2.05) is 0 Å². The van der Waals surface area contributed by atoms with E-state index in [9.17, 15) is 14.9 Å². The summed E-state index contributed by atoms with van der Waals surface area (Å²) in [5, 5.41) is 14.2. The van der Waals surface area contributed by atoms with Gasteiger partial charge in [-0.25, -0.2) is 0 Å². The van der Waals surface area contributed by atoms with Gasteiger partial charge in [-0.05, 0) is 55.7 Å². The van der Waals surface area contributed by atoms with Crippen LogP contribution in [0.25, 0.3) is 0 Å². The van der Waals surface area contributed by atoms with E-state index in [4.69, 9.17) is 28.9 Å². The summed E-state index contributed by atoms with van der Waals surface area (Å²) in [6.45, 7) is 1.79. The monoisotopic (exact) mass is 464 g/mol. The summed E-state index contributed by atoms with van der Waals surface area (Å²) in [7, 11) is 0. The van der Waals surface area contributed by atoms with Gasteiger partial charge in [0.05, 0.1) is 11.3 Å². The average molecular weight is 465 g/mol. The van der Waals surface area contributed by atoms with Crippen molar-refractivity contribution in [1.29, 1.82) is 5.26 Å². The number of halogens is 2. The maximum atomic E-state index is 13.7. The Morgan fingerprint density at radius 2 is 1.84 bits per heavy atom. The molecule has 2 aliphatic heterocycles. The van der Waals surface area contributed by atoms with E-state index in [2.05, 4.69) is 11.4 Å². The summed E-state index contributed by atoms with van der Waals surface area (Å²) in [6.07, 6.45) is 1.46. The second-order valence-corrected chi connectivity index (χ2v) is 8.93. The summed E-state index contributed by atoms with van der Waals surface area (Å²) in [5.74, 6) is -0.504. The molecule has 0 radical (unpaired) electrons. The van der Waals surface area contributed by atoms with Gasteiger partial charge in [-0.3, -0.25) is 14.5 Å². The lowest BCUT2D eigenvalue weighted by atomic mass is 9.63. The molecule has 1 atom stereocenters. The van der Waals surface area contributed by atoms with Gasteiger partial charge in [0.15, 0.2) is 5.78 Å². The summed E-state index contributed by atoms with van der Waals surface area (Å²) >= 11 is 12.4. The van der Waals surface area contributed by atoms with Gasteiger partial charge in [-0.15, -0.1) is 0 Å². The predicted molar refractivity (Wildman–Crippen MR) is 123 cm³/mol. The number of nitrogens with zero attached hydrogens (tertiary/aromatic N) is 2. The zero-order chi connectivity index (χ0) is 22.8. The molecule has 2 aromatic rings. The first-order valence-electron chi connectivity index (χ1n) is 10.2. The summed E-state index contributed by atoms with van der Waals surface area (Å²) in [4.78, 5) is 28.8. The van der Waals surface area contributed by atoms with E-state index >= 15 is 0 Å². The van der Waals surface area contributed by atoms with Gasteiger partial charge in [-0.2, -0.15) is 5.26 Å². The number of Topliss-reactive ketones (excluding diaryl/α,β-unsaturated/α-hetero) is 1. The standard InChI is InChI=1S/C24H18Cl2N4O2/c1-12-17(26)10-9-15-21(12)29-23(32)24(15)16(11-27)22(28)30(14-7-5-13(25)6-8-14)18-3-2-4-19(31)20(18)24/h5-10H,2-4,28H2,1H3,(H,29,32). The molecule has 5 rings (SSSR count). The highest BCUT2D eigenvalue weighted by molar-refractivity contribution is 6.32. The second-order valence-electron chi connectivity index (χ2n) is 8.08. The summed E-state index contributed by atoms with van der Waals surface area (Å²) < 4.78 is 0. The molecule has 0 saturated carbocycles. The maximum absolute atomic E-state index is 13.7. The fourth-order valence-corrected chi connectivity index (χ4v) is 5.35. The molecule has 6 nitrogen and oxygen atoms in total. The van der Waals surface area contributed by atoms with Gasteiger partial charge in [-0.1, -0.05) is 29.3 Å². The van der Waals surface area contributed by atoms with Crippen molar-refractivity contribution in [3.63, 3.8) is 0 Å². The van der Waals surface area contributed by atoms with E-state index in [1.165, 1.54) is 0 Å². The van der Waals surface area contributed by atoms with E-state index < -0.39 is 11.3 Å². The summed E-state index contributed by atoms with van der Waals surface area (Å²) in [5.41, 5.74) is 8.37. The Balaban J connectivity index is 1.89. The van der Waals surface area contributed by atoms with Crippen molar-refractivity contribution in [2.24, 2.45) is 5.73 Å². The Hall–Kier alpha value is -3.27. The number of benzene rings is 2. The van der Waals surface area contributed by atoms with Crippen LogP contribution in [-0.4, -0.2) is 11.7 Å². The van der Waals surface area contributed by atoms with Crippen LogP contribution in [0.4, 0.5) is 11.4 Å². The molecule has 1 aliphatic carbocycles. The van der Waals surface area contributed by atoms with Crippen molar-refractivity contribution in [2.45, 2.75) is 31.6 Å². The molecule has 3 N–H and O–H groups in total. The number of carbonyl (C=O) groups is 2. The first-order chi connectivity index (χ1) is 15.3. The van der Waals surface area contributed by atoms with E-state index in [0.29, 0.717) is 63.1 Å². The van der Waals surface area contributed by atoms with Crippen molar-refractivity contribution in [3.05, 3.63) is 80.2 Å². The fraction of sp³-hybridized carbons (Fsp3) is 0.208. The fourth-order valence-electron chi connectivity index (χ4n) is 5.06. The second kappa shape index (κ2) is 7.13. The topological polar surface area (TPSA) is 99.2 Å². The van der Waals surface area contributed by atoms with Gasteiger partial charge in [0.25, 0.3) is 0 Å². The lowest BCUT2D eigenvalue weighted by Gasteiger charge is -2.43. The molecule has 0 aromatic heterocycles. The number of fused-ring (bicyclic) bond motifs is 3. The van der Waals surface area contributed by atoms with Crippen LogP contribution < -0.4 is 16.0 Å². The molecule has 160 valence electrons. The first-order valence-corrected chi connectivity index (χ1v) is 10.9. The molecule has 8 heteroatoms. The number of amides is 1. The van der Waals surface area contributed by atoms with Crippen LogP contribution >= 0.6 is 23.2 Å². The highest BCUT2D eigenvalue weighted by Crippen LogP contribution is 2.56. The summed E-state index contributed by atoms with van der Waals surface area (Å²) in [6, 6.07) is 12.5. The van der Waals surface area contributed by atoms with Crippen LogP contribution in [0, 0.1) is 18.3 Å². The number of carbonyl (C=O) groups excluding carboxylic acids is 2. The van der Waals surface area contributed by atoms with E-state index in [1.54, 1.807) is 48.2 Å². The molecule has 0 fully saturated rings. The van der Waals surface area contributed by atoms with Crippen molar-refractivity contribution >= 4 is 46.3 Å². The number of ketones is 1. The number of nitrogens with two attached hydrogens (primary N) is 1. The number of nitriles is 1. The number of nitrogens with one attached hydrogen (secondary N) is 1. The van der Waals surface area contributed by atoms with Gasteiger partial charge in [0, 0.05) is 39.0 Å². The Morgan fingerprint density at radius 3 is 2.53 bits per heavy atom. The van der Waals surface area contributed by atoms with Crippen molar-refractivity contribution in [2.75, 3.05) is 10.2 Å². The van der Waals surface area contributed by atoms with Crippen LogP contribution in [0.1, 0.15) is 30.4 Å². The quantitative estimate of drug-likeness (QED) is 0.636. The molecule has 2 aromatic carbocycles. The zero-order valence-electron chi connectivity index (χ0n) is 17.1. The molecule has 32 heavy (non-hydrogen) atoms. The van der Waals surface area contributed by atoms with Gasteiger partial charge in [0.1, 0.15) is 17.3 Å². The zero-order valence-corrected chi connectivity index (χ0v) is 18.6. The minimum atomic E-state index is -1.60. The van der Waals surface area contributed by atoms with Crippen molar-refractivity contribution in [3.8, 4) is 6.07 Å². The average Bonchev–Trinajstić information content (AvgIpc) is 3.05. The number of rotatable bonds is 1.